The van der Waals surface area contributed by atoms with Crippen LogP contribution in [0.15, 0.2) is 72.8 Å². The Hall–Kier alpha value is -2.05. The van der Waals surface area contributed by atoms with Crippen LogP contribution in [0.5, 0.6) is 0 Å². The molecule has 0 unspecified atom stereocenters. The second kappa shape index (κ2) is 14.6. The first kappa shape index (κ1) is 27.0. The number of halogens is 1. The fraction of sp³-hybridized carbons (Fsp3) is 0.486. The molecule has 0 spiro atoms. The lowest BCUT2D eigenvalue weighted by Crippen LogP contribution is -2.15. The van der Waals surface area contributed by atoms with Crippen molar-refractivity contribution in [1.82, 2.24) is 0 Å². The van der Waals surface area contributed by atoms with E-state index in [0.717, 1.165) is 16.9 Å². The maximum absolute atomic E-state index is 6.02. The van der Waals surface area contributed by atoms with E-state index in [-0.39, 0.29) is 0 Å². The van der Waals surface area contributed by atoms with E-state index in [1.807, 2.05) is 12.1 Å². The van der Waals surface area contributed by atoms with Crippen molar-refractivity contribution in [2.24, 2.45) is 11.8 Å². The molecule has 0 saturated heterocycles. The highest BCUT2D eigenvalue weighted by molar-refractivity contribution is 6.30. The van der Waals surface area contributed by atoms with Crippen LogP contribution in [0.25, 0.3) is 11.1 Å². The molecule has 0 atom stereocenters. The van der Waals surface area contributed by atoms with Gasteiger partial charge in [-0.3, -0.25) is 0 Å². The molecule has 1 fully saturated rings. The van der Waals surface area contributed by atoms with Gasteiger partial charge in [-0.15, -0.1) is 0 Å². The molecule has 0 nitrogen and oxygen atoms in total. The topological polar surface area (TPSA) is 0 Å². The van der Waals surface area contributed by atoms with Gasteiger partial charge >= 0.3 is 0 Å². The number of aryl methyl sites for hydroxylation is 3. The second-order valence-electron chi connectivity index (χ2n) is 11.1. The highest BCUT2D eigenvalue weighted by Crippen LogP contribution is 2.34. The van der Waals surface area contributed by atoms with Gasteiger partial charge in [0.1, 0.15) is 0 Å². The molecule has 0 radical (unpaired) electrons. The molecule has 0 aromatic heterocycles. The SMILES string of the molecule is CCCCCCCc1ccc(CC[C@H]2CC[C@H](CCc3ccc(-c4ccc(Cl)cc4)cc3)CC2)cc1. The van der Waals surface area contributed by atoms with Crippen LogP contribution in [0.1, 0.15) is 94.2 Å². The molecule has 3 aromatic carbocycles. The molecule has 36 heavy (non-hydrogen) atoms. The summed E-state index contributed by atoms with van der Waals surface area (Å²) in [4.78, 5) is 0. The summed E-state index contributed by atoms with van der Waals surface area (Å²) in [5.41, 5.74) is 7.04. The van der Waals surface area contributed by atoms with Crippen molar-refractivity contribution in [3.8, 4) is 11.1 Å². The van der Waals surface area contributed by atoms with E-state index in [1.54, 1.807) is 0 Å². The Labute approximate surface area is 225 Å². The van der Waals surface area contributed by atoms with E-state index in [1.165, 1.54) is 118 Å². The molecular formula is C35H45Cl. The summed E-state index contributed by atoms with van der Waals surface area (Å²) in [5, 5.41) is 0.794. The zero-order valence-electron chi connectivity index (χ0n) is 22.4. The van der Waals surface area contributed by atoms with Gasteiger partial charge in [-0.1, -0.05) is 131 Å². The van der Waals surface area contributed by atoms with Gasteiger partial charge in [0.2, 0.25) is 0 Å². The Morgan fingerprint density at radius 3 is 1.44 bits per heavy atom. The summed E-state index contributed by atoms with van der Waals surface area (Å²) >= 11 is 6.02. The first-order valence-corrected chi connectivity index (χ1v) is 15.0. The zero-order chi connectivity index (χ0) is 25.0. The van der Waals surface area contributed by atoms with Crippen LogP contribution in [-0.2, 0) is 19.3 Å². The predicted octanol–water partition coefficient (Wildman–Crippen LogP) is 10.9. The molecule has 1 aliphatic rings. The van der Waals surface area contributed by atoms with Crippen LogP contribution >= 0.6 is 11.6 Å². The molecule has 0 aliphatic heterocycles. The second-order valence-corrected chi connectivity index (χ2v) is 11.6. The van der Waals surface area contributed by atoms with E-state index in [0.29, 0.717) is 0 Å². The van der Waals surface area contributed by atoms with Crippen LogP contribution in [-0.4, -0.2) is 0 Å². The fourth-order valence-corrected chi connectivity index (χ4v) is 5.99. The molecule has 1 aliphatic carbocycles. The van der Waals surface area contributed by atoms with E-state index in [2.05, 4.69) is 67.6 Å². The minimum atomic E-state index is 0.794. The van der Waals surface area contributed by atoms with Gasteiger partial charge in [0.15, 0.2) is 0 Å². The van der Waals surface area contributed by atoms with Crippen molar-refractivity contribution in [3.63, 3.8) is 0 Å². The molecule has 0 amide bonds. The summed E-state index contributed by atoms with van der Waals surface area (Å²) in [6.45, 7) is 2.29. The van der Waals surface area contributed by atoms with E-state index >= 15 is 0 Å². The molecular weight excluding hydrogens is 456 g/mol. The molecule has 0 heterocycles. The molecule has 192 valence electrons. The maximum Gasteiger partial charge on any atom is 0.0406 e. The lowest BCUT2D eigenvalue weighted by molar-refractivity contribution is 0.253. The van der Waals surface area contributed by atoms with Crippen molar-refractivity contribution in [3.05, 3.63) is 94.5 Å². The minimum absolute atomic E-state index is 0.794. The average molecular weight is 501 g/mol. The Bertz CT molecular complexity index is 992. The van der Waals surface area contributed by atoms with Crippen molar-refractivity contribution < 1.29 is 0 Å². The standard InChI is InChI=1S/C35H45Cl/c1-2-3-4-5-6-7-28-8-10-29(11-9-28)12-13-30-14-16-31(17-15-30)18-19-32-20-22-33(23-21-32)34-24-26-35(36)27-25-34/h8-11,20-27,30-31H,2-7,12-19H2,1H3/t30-,31-. The third-order valence-corrected chi connectivity index (χ3v) is 8.62. The Morgan fingerprint density at radius 1 is 0.528 bits per heavy atom. The van der Waals surface area contributed by atoms with Gasteiger partial charge < -0.3 is 0 Å². The number of hydrogen-bond donors (Lipinski definition) is 0. The molecule has 1 saturated carbocycles. The molecule has 3 aromatic rings. The first-order valence-electron chi connectivity index (χ1n) is 14.6. The third-order valence-electron chi connectivity index (χ3n) is 8.37. The number of benzene rings is 3. The zero-order valence-corrected chi connectivity index (χ0v) is 23.1. The summed E-state index contributed by atoms with van der Waals surface area (Å²) in [7, 11) is 0. The van der Waals surface area contributed by atoms with Gasteiger partial charge in [-0.2, -0.15) is 0 Å². The predicted molar refractivity (Wildman–Crippen MR) is 158 cm³/mol. The van der Waals surface area contributed by atoms with Crippen molar-refractivity contribution >= 4 is 11.6 Å². The van der Waals surface area contributed by atoms with Crippen LogP contribution in [0, 0.1) is 11.8 Å². The highest BCUT2D eigenvalue weighted by Gasteiger charge is 2.21. The van der Waals surface area contributed by atoms with Crippen LogP contribution in [0.2, 0.25) is 5.02 Å². The van der Waals surface area contributed by atoms with Gasteiger partial charge in [0.25, 0.3) is 0 Å². The number of rotatable bonds is 13. The molecule has 0 N–H and O–H groups in total. The normalized spacial score (nSPS) is 17.8. The van der Waals surface area contributed by atoms with Crippen molar-refractivity contribution in [2.45, 2.75) is 96.8 Å². The lowest BCUT2D eigenvalue weighted by atomic mass is 9.77. The Balaban J connectivity index is 1.11. The van der Waals surface area contributed by atoms with Crippen LogP contribution in [0.4, 0.5) is 0 Å². The highest BCUT2D eigenvalue weighted by atomic mass is 35.5. The van der Waals surface area contributed by atoms with Crippen LogP contribution < -0.4 is 0 Å². The Morgan fingerprint density at radius 2 is 0.944 bits per heavy atom. The van der Waals surface area contributed by atoms with E-state index < -0.39 is 0 Å². The van der Waals surface area contributed by atoms with E-state index in [4.69, 9.17) is 11.6 Å². The average Bonchev–Trinajstić information content (AvgIpc) is 2.93. The monoisotopic (exact) mass is 500 g/mol. The van der Waals surface area contributed by atoms with Gasteiger partial charge in [-0.05, 0) is 90.3 Å². The van der Waals surface area contributed by atoms with Crippen molar-refractivity contribution in [2.75, 3.05) is 0 Å². The molecule has 4 rings (SSSR count). The maximum atomic E-state index is 6.02. The van der Waals surface area contributed by atoms with E-state index in [9.17, 15) is 0 Å². The molecule has 0 bridgehead atoms. The summed E-state index contributed by atoms with van der Waals surface area (Å²) in [6.07, 6.45) is 19.0. The summed E-state index contributed by atoms with van der Waals surface area (Å²) in [6, 6.07) is 26.8. The smallest absolute Gasteiger partial charge is 0.0406 e. The van der Waals surface area contributed by atoms with Gasteiger partial charge in [0, 0.05) is 5.02 Å². The largest absolute Gasteiger partial charge is 0.0843 e. The fourth-order valence-electron chi connectivity index (χ4n) is 5.86. The third kappa shape index (κ3) is 8.81. The number of hydrogen-bond acceptors (Lipinski definition) is 0. The molecule has 1 heteroatoms. The van der Waals surface area contributed by atoms with Crippen LogP contribution in [0.3, 0.4) is 0 Å². The number of unbranched alkanes of at least 4 members (excludes halogenated alkanes) is 4. The van der Waals surface area contributed by atoms with Crippen molar-refractivity contribution in [1.29, 1.82) is 0 Å². The first-order chi connectivity index (χ1) is 17.7. The Kier molecular flexibility index (Phi) is 11.0. The summed E-state index contributed by atoms with van der Waals surface area (Å²) < 4.78 is 0. The lowest BCUT2D eigenvalue weighted by Gasteiger charge is -2.28. The minimum Gasteiger partial charge on any atom is -0.0843 e. The quantitative estimate of drug-likeness (QED) is 0.205. The summed E-state index contributed by atoms with van der Waals surface area (Å²) in [5.74, 6) is 1.84. The van der Waals surface area contributed by atoms with Gasteiger partial charge in [0.05, 0.1) is 0 Å². The van der Waals surface area contributed by atoms with Gasteiger partial charge in [-0.25, -0.2) is 0 Å².